The lowest BCUT2D eigenvalue weighted by atomic mass is 10.2. The number of benzene rings is 1. The van der Waals surface area contributed by atoms with E-state index in [1.54, 1.807) is 6.20 Å². The standard InChI is InChI=1S/C13H12ClFN2/c14-11-3-4-12(17-7-5-9(15)8-17)13-10(11)2-1-6-16-13/h1-4,6,9H,5,7-8H2. The van der Waals surface area contributed by atoms with Gasteiger partial charge in [-0.25, -0.2) is 4.39 Å². The average molecular weight is 251 g/mol. The highest BCUT2D eigenvalue weighted by atomic mass is 35.5. The van der Waals surface area contributed by atoms with Crippen LogP contribution in [-0.2, 0) is 0 Å². The Bertz CT molecular complexity index is 558. The SMILES string of the molecule is FC1CCN(c2ccc(Cl)c3cccnc23)C1. The van der Waals surface area contributed by atoms with Crippen LogP contribution in [-0.4, -0.2) is 24.2 Å². The minimum atomic E-state index is -0.732. The molecule has 3 rings (SSSR count). The van der Waals surface area contributed by atoms with E-state index in [-0.39, 0.29) is 0 Å². The predicted molar refractivity (Wildman–Crippen MR) is 68.5 cm³/mol. The molecule has 1 saturated heterocycles. The van der Waals surface area contributed by atoms with E-state index in [0.717, 1.165) is 23.1 Å². The van der Waals surface area contributed by atoms with Crippen molar-refractivity contribution in [3.05, 3.63) is 35.5 Å². The summed E-state index contributed by atoms with van der Waals surface area (Å²) in [5, 5.41) is 1.61. The number of fused-ring (bicyclic) bond motifs is 1. The first kappa shape index (κ1) is 10.8. The van der Waals surface area contributed by atoms with Gasteiger partial charge in [-0.3, -0.25) is 4.98 Å². The number of hydrogen-bond acceptors (Lipinski definition) is 2. The van der Waals surface area contributed by atoms with E-state index in [0.29, 0.717) is 18.0 Å². The highest BCUT2D eigenvalue weighted by molar-refractivity contribution is 6.35. The largest absolute Gasteiger partial charge is 0.367 e. The molecule has 1 unspecified atom stereocenters. The van der Waals surface area contributed by atoms with Crippen LogP contribution in [0.2, 0.25) is 5.02 Å². The zero-order chi connectivity index (χ0) is 11.8. The molecule has 4 heteroatoms. The van der Waals surface area contributed by atoms with Crippen LogP contribution in [0.1, 0.15) is 6.42 Å². The van der Waals surface area contributed by atoms with Crippen molar-refractivity contribution in [3.8, 4) is 0 Å². The lowest BCUT2D eigenvalue weighted by Gasteiger charge is -2.19. The lowest BCUT2D eigenvalue weighted by Crippen LogP contribution is -2.20. The summed E-state index contributed by atoms with van der Waals surface area (Å²) >= 11 is 6.13. The Morgan fingerprint density at radius 2 is 2.24 bits per heavy atom. The van der Waals surface area contributed by atoms with E-state index in [1.807, 2.05) is 29.2 Å². The van der Waals surface area contributed by atoms with Crippen molar-refractivity contribution in [1.82, 2.24) is 4.98 Å². The summed E-state index contributed by atoms with van der Waals surface area (Å²) in [6, 6.07) is 7.58. The van der Waals surface area contributed by atoms with Gasteiger partial charge in [0.2, 0.25) is 0 Å². The highest BCUT2D eigenvalue weighted by Crippen LogP contribution is 2.32. The Kier molecular flexibility index (Phi) is 2.63. The second-order valence-corrected chi connectivity index (χ2v) is 4.71. The van der Waals surface area contributed by atoms with E-state index in [4.69, 9.17) is 11.6 Å². The van der Waals surface area contributed by atoms with Crippen molar-refractivity contribution >= 4 is 28.2 Å². The first-order valence-electron chi connectivity index (χ1n) is 5.68. The van der Waals surface area contributed by atoms with Crippen molar-refractivity contribution in [3.63, 3.8) is 0 Å². The van der Waals surface area contributed by atoms with E-state index in [1.165, 1.54) is 0 Å². The number of nitrogens with zero attached hydrogens (tertiary/aromatic N) is 2. The van der Waals surface area contributed by atoms with E-state index < -0.39 is 6.17 Å². The predicted octanol–water partition coefficient (Wildman–Crippen LogP) is 3.44. The summed E-state index contributed by atoms with van der Waals surface area (Å²) in [6.45, 7) is 1.20. The molecule has 0 aliphatic carbocycles. The monoisotopic (exact) mass is 250 g/mol. The van der Waals surface area contributed by atoms with Crippen LogP contribution in [0.15, 0.2) is 30.5 Å². The Morgan fingerprint density at radius 3 is 3.00 bits per heavy atom. The fourth-order valence-corrected chi connectivity index (χ4v) is 2.53. The average Bonchev–Trinajstić information content (AvgIpc) is 2.77. The minimum absolute atomic E-state index is 0.452. The number of alkyl halides is 1. The van der Waals surface area contributed by atoms with Gasteiger partial charge in [0.1, 0.15) is 6.17 Å². The molecule has 1 atom stereocenters. The molecule has 2 heterocycles. The number of rotatable bonds is 1. The smallest absolute Gasteiger partial charge is 0.119 e. The molecule has 0 N–H and O–H groups in total. The van der Waals surface area contributed by atoms with E-state index in [9.17, 15) is 4.39 Å². The van der Waals surface area contributed by atoms with E-state index in [2.05, 4.69) is 4.98 Å². The van der Waals surface area contributed by atoms with E-state index >= 15 is 0 Å². The van der Waals surface area contributed by atoms with Gasteiger partial charge in [0.15, 0.2) is 0 Å². The molecular formula is C13H12ClFN2. The molecule has 88 valence electrons. The third-order valence-corrected chi connectivity index (χ3v) is 3.50. The zero-order valence-corrected chi connectivity index (χ0v) is 9.99. The van der Waals surface area contributed by atoms with Gasteiger partial charge in [0.05, 0.1) is 16.2 Å². The molecular weight excluding hydrogens is 239 g/mol. The summed E-state index contributed by atoms with van der Waals surface area (Å²) in [4.78, 5) is 6.40. The quantitative estimate of drug-likeness (QED) is 0.771. The van der Waals surface area contributed by atoms with Crippen LogP contribution in [0.4, 0.5) is 10.1 Å². The fourth-order valence-electron chi connectivity index (χ4n) is 2.31. The second kappa shape index (κ2) is 4.15. The number of hydrogen-bond donors (Lipinski definition) is 0. The van der Waals surface area contributed by atoms with Gasteiger partial charge in [0.25, 0.3) is 0 Å². The molecule has 0 radical (unpaired) electrons. The minimum Gasteiger partial charge on any atom is -0.367 e. The van der Waals surface area contributed by atoms with Gasteiger partial charge in [0, 0.05) is 24.7 Å². The van der Waals surface area contributed by atoms with Crippen LogP contribution < -0.4 is 4.90 Å². The number of anilines is 1. The lowest BCUT2D eigenvalue weighted by molar-refractivity contribution is 0.364. The molecule has 2 aromatic rings. The highest BCUT2D eigenvalue weighted by Gasteiger charge is 2.23. The maximum atomic E-state index is 13.3. The number of aromatic nitrogens is 1. The third-order valence-electron chi connectivity index (χ3n) is 3.17. The van der Waals surface area contributed by atoms with Gasteiger partial charge in [-0.05, 0) is 30.7 Å². The maximum absolute atomic E-state index is 13.3. The van der Waals surface area contributed by atoms with Crippen LogP contribution in [0, 0.1) is 0 Å². The molecule has 1 aliphatic rings. The Hall–Kier alpha value is -1.35. The third kappa shape index (κ3) is 1.84. The molecule has 0 spiro atoms. The second-order valence-electron chi connectivity index (χ2n) is 4.30. The molecule has 1 aliphatic heterocycles. The van der Waals surface area contributed by atoms with Gasteiger partial charge in [-0.2, -0.15) is 0 Å². The van der Waals surface area contributed by atoms with Crippen molar-refractivity contribution in [2.75, 3.05) is 18.0 Å². The summed E-state index contributed by atoms with van der Waals surface area (Å²) in [7, 11) is 0. The van der Waals surface area contributed by atoms with Crippen molar-refractivity contribution in [2.45, 2.75) is 12.6 Å². The van der Waals surface area contributed by atoms with Crippen molar-refractivity contribution in [2.24, 2.45) is 0 Å². The fraction of sp³-hybridized carbons (Fsp3) is 0.308. The number of halogens is 2. The van der Waals surface area contributed by atoms with Gasteiger partial charge in [-0.1, -0.05) is 11.6 Å². The topological polar surface area (TPSA) is 16.1 Å². The van der Waals surface area contributed by atoms with Crippen molar-refractivity contribution in [1.29, 1.82) is 0 Å². The van der Waals surface area contributed by atoms with Crippen LogP contribution in [0.3, 0.4) is 0 Å². The van der Waals surface area contributed by atoms with Gasteiger partial charge >= 0.3 is 0 Å². The molecule has 0 amide bonds. The molecule has 0 bridgehead atoms. The Labute approximate surface area is 104 Å². The Balaban J connectivity index is 2.14. The number of pyridine rings is 1. The zero-order valence-electron chi connectivity index (χ0n) is 9.24. The molecule has 17 heavy (non-hydrogen) atoms. The summed E-state index contributed by atoms with van der Waals surface area (Å²) in [5.41, 5.74) is 1.83. The molecule has 0 saturated carbocycles. The van der Waals surface area contributed by atoms with Crippen LogP contribution >= 0.6 is 11.6 Å². The summed E-state index contributed by atoms with van der Waals surface area (Å²) in [6.07, 6.45) is 1.60. The van der Waals surface area contributed by atoms with Crippen LogP contribution in [0.5, 0.6) is 0 Å². The summed E-state index contributed by atoms with van der Waals surface area (Å²) < 4.78 is 13.3. The first-order valence-corrected chi connectivity index (χ1v) is 6.06. The molecule has 1 aromatic carbocycles. The Morgan fingerprint density at radius 1 is 1.35 bits per heavy atom. The molecule has 1 fully saturated rings. The van der Waals surface area contributed by atoms with Gasteiger partial charge in [-0.15, -0.1) is 0 Å². The molecule has 1 aromatic heterocycles. The molecule has 2 nitrogen and oxygen atoms in total. The normalized spacial score (nSPS) is 20.1. The first-order chi connectivity index (χ1) is 8.25. The van der Waals surface area contributed by atoms with Gasteiger partial charge < -0.3 is 4.90 Å². The van der Waals surface area contributed by atoms with Crippen molar-refractivity contribution < 1.29 is 4.39 Å². The maximum Gasteiger partial charge on any atom is 0.119 e. The summed E-state index contributed by atoms with van der Waals surface area (Å²) in [5.74, 6) is 0. The van der Waals surface area contributed by atoms with Crippen LogP contribution in [0.25, 0.3) is 10.9 Å².